The number of likely N-dealkylation sites (N-methyl/N-ethyl adjacent to an activating group) is 1. The van der Waals surface area contributed by atoms with Crippen LogP contribution in [0.25, 0.3) is 0 Å². The molecule has 0 N–H and O–H groups in total. The van der Waals surface area contributed by atoms with Crippen LogP contribution < -0.4 is 0 Å². The van der Waals surface area contributed by atoms with Gasteiger partial charge in [0.15, 0.2) is 5.78 Å². The van der Waals surface area contributed by atoms with E-state index in [0.29, 0.717) is 0 Å². The average molecular weight is 253 g/mol. The number of Topliss-reactive ketones (excluding diaryl/α,β-unsaturated/α-hetero) is 1. The van der Waals surface area contributed by atoms with Crippen LogP contribution in [0.4, 0.5) is 11.4 Å². The van der Waals surface area contributed by atoms with Crippen molar-refractivity contribution in [2.45, 2.75) is 0 Å². The topological polar surface area (TPSA) is 107 Å². The maximum atomic E-state index is 11.7. The third-order valence-corrected chi connectivity index (χ3v) is 2.11. The van der Waals surface area contributed by atoms with Crippen molar-refractivity contribution in [3.63, 3.8) is 0 Å². The van der Waals surface area contributed by atoms with Crippen molar-refractivity contribution in [2.24, 2.45) is 0 Å². The molecule has 1 rings (SSSR count). The first kappa shape index (κ1) is 13.7. The van der Waals surface area contributed by atoms with Gasteiger partial charge in [0.25, 0.3) is 11.4 Å². The van der Waals surface area contributed by atoms with Gasteiger partial charge in [-0.2, -0.15) is 0 Å². The van der Waals surface area contributed by atoms with Gasteiger partial charge < -0.3 is 4.90 Å². The van der Waals surface area contributed by atoms with Gasteiger partial charge in [-0.1, -0.05) is 0 Å². The second-order valence-corrected chi connectivity index (χ2v) is 3.91. The lowest BCUT2D eigenvalue weighted by Crippen LogP contribution is -2.21. The van der Waals surface area contributed by atoms with Crippen LogP contribution in [0.1, 0.15) is 10.4 Å². The molecule has 0 aliphatic rings. The van der Waals surface area contributed by atoms with Crippen molar-refractivity contribution in [1.82, 2.24) is 4.90 Å². The predicted octanol–water partition coefficient (Wildman–Crippen LogP) is 1.25. The molecule has 8 nitrogen and oxygen atoms in total. The number of hydrogen-bond donors (Lipinski definition) is 0. The van der Waals surface area contributed by atoms with Crippen LogP contribution in [0.15, 0.2) is 18.2 Å². The molecular formula is C10H11N3O5. The lowest BCUT2D eigenvalue weighted by atomic mass is 10.1. The lowest BCUT2D eigenvalue weighted by molar-refractivity contribution is -0.394. The first-order chi connectivity index (χ1) is 8.31. The summed E-state index contributed by atoms with van der Waals surface area (Å²) in [5, 5.41) is 21.3. The second-order valence-electron chi connectivity index (χ2n) is 3.91. The summed E-state index contributed by atoms with van der Waals surface area (Å²) in [6, 6.07) is 2.91. The van der Waals surface area contributed by atoms with Crippen molar-refractivity contribution in [2.75, 3.05) is 20.6 Å². The molecule has 0 saturated carbocycles. The van der Waals surface area contributed by atoms with Crippen molar-refractivity contribution in [3.05, 3.63) is 44.0 Å². The minimum Gasteiger partial charge on any atom is -0.302 e. The van der Waals surface area contributed by atoms with Crippen LogP contribution in [0.5, 0.6) is 0 Å². The molecule has 0 heterocycles. The van der Waals surface area contributed by atoms with E-state index in [9.17, 15) is 25.0 Å². The fourth-order valence-corrected chi connectivity index (χ4v) is 1.35. The molecule has 8 heteroatoms. The molecule has 0 aliphatic carbocycles. The molecule has 0 aliphatic heterocycles. The molecule has 0 bridgehead atoms. The molecule has 0 amide bonds. The first-order valence-corrected chi connectivity index (χ1v) is 4.93. The number of hydrogen-bond acceptors (Lipinski definition) is 6. The van der Waals surface area contributed by atoms with Gasteiger partial charge in [0.2, 0.25) is 0 Å². The van der Waals surface area contributed by atoms with E-state index in [2.05, 4.69) is 0 Å². The molecule has 0 fully saturated rings. The van der Waals surface area contributed by atoms with Gasteiger partial charge in [-0.25, -0.2) is 0 Å². The van der Waals surface area contributed by atoms with Gasteiger partial charge in [-0.15, -0.1) is 0 Å². The molecule has 0 aromatic heterocycles. The average Bonchev–Trinajstić information content (AvgIpc) is 2.27. The zero-order valence-corrected chi connectivity index (χ0v) is 9.82. The summed E-state index contributed by atoms with van der Waals surface area (Å²) in [6.07, 6.45) is 0. The van der Waals surface area contributed by atoms with Gasteiger partial charge in [0.05, 0.1) is 22.5 Å². The SMILES string of the molecule is CN(C)CC(=O)c1cc([N+](=O)[O-])cc([N+](=O)[O-])c1. The molecular weight excluding hydrogens is 242 g/mol. The molecule has 1 aromatic rings. The number of ketones is 1. The minimum atomic E-state index is -0.764. The summed E-state index contributed by atoms with van der Waals surface area (Å²) in [7, 11) is 3.31. The second kappa shape index (κ2) is 5.32. The van der Waals surface area contributed by atoms with E-state index >= 15 is 0 Å². The van der Waals surface area contributed by atoms with E-state index in [0.717, 1.165) is 18.2 Å². The monoisotopic (exact) mass is 253 g/mol. The summed E-state index contributed by atoms with van der Waals surface area (Å²) in [5.74, 6) is -0.410. The Bertz CT molecular complexity index is 480. The maximum Gasteiger partial charge on any atom is 0.277 e. The summed E-state index contributed by atoms with van der Waals surface area (Å²) in [6.45, 7) is 0.0261. The number of benzene rings is 1. The van der Waals surface area contributed by atoms with Crippen LogP contribution in [-0.2, 0) is 0 Å². The Morgan fingerprint density at radius 3 is 1.89 bits per heavy atom. The van der Waals surface area contributed by atoms with Crippen molar-refractivity contribution in [3.8, 4) is 0 Å². The Balaban J connectivity index is 3.23. The summed E-state index contributed by atoms with van der Waals surface area (Å²) in [5.41, 5.74) is -0.970. The normalized spacial score (nSPS) is 10.4. The molecule has 1 aromatic carbocycles. The Hall–Kier alpha value is -2.35. The highest BCUT2D eigenvalue weighted by atomic mass is 16.6. The number of nitrogens with zero attached hydrogens (tertiary/aromatic N) is 3. The number of carbonyl (C=O) groups is 1. The Kier molecular flexibility index (Phi) is 4.05. The highest BCUT2D eigenvalue weighted by molar-refractivity contribution is 5.98. The Morgan fingerprint density at radius 1 is 1.11 bits per heavy atom. The number of non-ortho nitro benzene ring substituents is 2. The van der Waals surface area contributed by atoms with Crippen molar-refractivity contribution < 1.29 is 14.6 Å². The van der Waals surface area contributed by atoms with Gasteiger partial charge in [0.1, 0.15) is 0 Å². The van der Waals surface area contributed by atoms with E-state index in [4.69, 9.17) is 0 Å². The first-order valence-electron chi connectivity index (χ1n) is 4.93. The number of nitro benzene ring substituents is 2. The number of carbonyl (C=O) groups excluding carboxylic acids is 1. The maximum absolute atomic E-state index is 11.7. The van der Waals surface area contributed by atoms with Crippen molar-refractivity contribution >= 4 is 17.2 Å². The predicted molar refractivity (Wildman–Crippen MR) is 62.6 cm³/mol. The summed E-state index contributed by atoms with van der Waals surface area (Å²) >= 11 is 0. The molecule has 96 valence electrons. The van der Waals surface area contributed by atoms with Crippen LogP contribution in [0, 0.1) is 20.2 Å². The summed E-state index contributed by atoms with van der Waals surface area (Å²) in [4.78, 5) is 33.0. The highest BCUT2D eigenvalue weighted by Crippen LogP contribution is 2.23. The largest absolute Gasteiger partial charge is 0.302 e. The van der Waals surface area contributed by atoms with Crippen LogP contribution in [-0.4, -0.2) is 41.2 Å². The van der Waals surface area contributed by atoms with Crippen LogP contribution in [0.2, 0.25) is 0 Å². The minimum absolute atomic E-state index is 0.0261. The van der Waals surface area contributed by atoms with Gasteiger partial charge in [0, 0.05) is 17.7 Å². The van der Waals surface area contributed by atoms with Crippen molar-refractivity contribution in [1.29, 1.82) is 0 Å². The Morgan fingerprint density at radius 2 is 1.56 bits per heavy atom. The standard InChI is InChI=1S/C10H11N3O5/c1-11(2)6-10(14)7-3-8(12(15)16)5-9(4-7)13(17)18/h3-5H,6H2,1-2H3. The Labute approximate surface area is 102 Å². The van der Waals surface area contributed by atoms with Gasteiger partial charge >= 0.3 is 0 Å². The number of nitro groups is 2. The lowest BCUT2D eigenvalue weighted by Gasteiger charge is -2.07. The molecule has 0 spiro atoms. The van der Waals surface area contributed by atoms with E-state index < -0.39 is 27.0 Å². The molecule has 0 atom stereocenters. The molecule has 0 radical (unpaired) electrons. The van der Waals surface area contributed by atoms with Gasteiger partial charge in [-0.3, -0.25) is 25.0 Å². The third kappa shape index (κ3) is 3.32. The molecule has 0 unspecified atom stereocenters. The quantitative estimate of drug-likeness (QED) is 0.444. The smallest absolute Gasteiger partial charge is 0.277 e. The molecule has 0 saturated heterocycles. The van der Waals surface area contributed by atoms with Crippen LogP contribution in [0.3, 0.4) is 0 Å². The van der Waals surface area contributed by atoms with Crippen LogP contribution >= 0.6 is 0 Å². The number of rotatable bonds is 5. The zero-order chi connectivity index (χ0) is 13.9. The highest BCUT2D eigenvalue weighted by Gasteiger charge is 2.19. The van der Waals surface area contributed by atoms with E-state index in [1.165, 1.54) is 0 Å². The third-order valence-electron chi connectivity index (χ3n) is 2.11. The van der Waals surface area contributed by atoms with E-state index in [1.54, 1.807) is 19.0 Å². The fourth-order valence-electron chi connectivity index (χ4n) is 1.35. The van der Waals surface area contributed by atoms with E-state index in [-0.39, 0.29) is 12.1 Å². The summed E-state index contributed by atoms with van der Waals surface area (Å²) < 4.78 is 0. The van der Waals surface area contributed by atoms with E-state index in [1.807, 2.05) is 0 Å². The fraction of sp³-hybridized carbons (Fsp3) is 0.300. The van der Waals surface area contributed by atoms with Gasteiger partial charge in [-0.05, 0) is 14.1 Å². The zero-order valence-electron chi connectivity index (χ0n) is 9.82. The molecule has 18 heavy (non-hydrogen) atoms.